The first kappa shape index (κ1) is 19.0. The number of hydrogen-bond acceptors (Lipinski definition) is 3. The first-order valence-corrected chi connectivity index (χ1v) is 9.63. The van der Waals surface area contributed by atoms with Gasteiger partial charge >= 0.3 is 6.09 Å². The van der Waals surface area contributed by atoms with Gasteiger partial charge in [-0.3, -0.25) is 0 Å². The third-order valence-electron chi connectivity index (χ3n) is 6.26. The fraction of sp³-hybridized carbons (Fsp3) is 0.591. The third-order valence-corrected chi connectivity index (χ3v) is 6.26. The number of carbonyl (C=O) groups is 1. The second-order valence-corrected chi connectivity index (χ2v) is 8.26. The first-order chi connectivity index (χ1) is 12.3. The van der Waals surface area contributed by atoms with E-state index in [1.807, 2.05) is 19.9 Å². The third kappa shape index (κ3) is 3.39. The Bertz CT molecular complexity index is 669. The number of nitrogens with one attached hydrogen (secondary N) is 1. The molecule has 1 aliphatic heterocycles. The molecular formula is C22H31NO3. The maximum Gasteiger partial charge on any atom is 0.407 e. The van der Waals surface area contributed by atoms with E-state index in [2.05, 4.69) is 56.4 Å². The molecule has 26 heavy (non-hydrogen) atoms. The van der Waals surface area contributed by atoms with Gasteiger partial charge in [-0.05, 0) is 38.2 Å². The van der Waals surface area contributed by atoms with Gasteiger partial charge in [-0.1, -0.05) is 55.8 Å². The fourth-order valence-electron chi connectivity index (χ4n) is 4.68. The van der Waals surface area contributed by atoms with Gasteiger partial charge in [0.1, 0.15) is 6.61 Å². The molecule has 5 unspecified atom stereocenters. The van der Waals surface area contributed by atoms with Crippen LogP contribution in [-0.4, -0.2) is 25.3 Å². The summed E-state index contributed by atoms with van der Waals surface area (Å²) in [6, 6.07) is 10.5. The molecule has 5 atom stereocenters. The highest BCUT2D eigenvalue weighted by molar-refractivity contribution is 5.67. The van der Waals surface area contributed by atoms with Gasteiger partial charge in [-0.25, -0.2) is 4.79 Å². The quantitative estimate of drug-likeness (QED) is 0.793. The predicted molar refractivity (Wildman–Crippen MR) is 103 cm³/mol. The van der Waals surface area contributed by atoms with Crippen LogP contribution in [0.25, 0.3) is 0 Å². The minimum absolute atomic E-state index is 0.0626. The molecule has 3 rings (SSSR count). The lowest BCUT2D eigenvalue weighted by atomic mass is 9.56. The molecule has 0 aromatic heterocycles. The summed E-state index contributed by atoms with van der Waals surface area (Å²) in [6.45, 7) is 11.6. The predicted octanol–water partition coefficient (Wildman–Crippen LogP) is 4.73. The lowest BCUT2D eigenvalue weighted by Gasteiger charge is -2.55. The molecule has 1 N–H and O–H groups in total. The summed E-state index contributed by atoms with van der Waals surface area (Å²) in [4.78, 5) is 12.0. The Hall–Kier alpha value is -1.81. The van der Waals surface area contributed by atoms with Gasteiger partial charge in [-0.15, -0.1) is 0 Å². The Morgan fingerprint density at radius 2 is 2.00 bits per heavy atom. The molecule has 4 heteroatoms. The number of hydrogen-bond donors (Lipinski definition) is 1. The molecule has 1 fully saturated rings. The van der Waals surface area contributed by atoms with Gasteiger partial charge < -0.3 is 14.8 Å². The van der Waals surface area contributed by atoms with Crippen molar-refractivity contribution in [1.82, 2.24) is 5.32 Å². The molecule has 142 valence electrons. The highest BCUT2D eigenvalue weighted by atomic mass is 16.6. The van der Waals surface area contributed by atoms with Crippen molar-refractivity contribution in [2.24, 2.45) is 23.2 Å². The topological polar surface area (TPSA) is 47.6 Å². The number of alkyl carbamates (subject to hydrolysis) is 1. The molecular weight excluding hydrogens is 326 g/mol. The maximum atomic E-state index is 12.0. The Morgan fingerprint density at radius 3 is 2.65 bits per heavy atom. The van der Waals surface area contributed by atoms with Crippen LogP contribution >= 0.6 is 0 Å². The monoisotopic (exact) mass is 357 g/mol. The summed E-state index contributed by atoms with van der Waals surface area (Å²) in [7, 11) is 0. The van der Waals surface area contributed by atoms with Gasteiger partial charge in [0.15, 0.2) is 0 Å². The molecule has 1 heterocycles. The van der Waals surface area contributed by atoms with Gasteiger partial charge in [-0.2, -0.15) is 0 Å². The zero-order chi connectivity index (χ0) is 18.9. The number of ether oxygens (including phenoxy) is 2. The molecule has 1 saturated heterocycles. The molecule has 2 bridgehead atoms. The van der Waals surface area contributed by atoms with Crippen molar-refractivity contribution >= 4 is 6.09 Å². The van der Waals surface area contributed by atoms with E-state index in [-0.39, 0.29) is 23.7 Å². The summed E-state index contributed by atoms with van der Waals surface area (Å²) in [6.07, 6.45) is 2.07. The van der Waals surface area contributed by atoms with Crippen LogP contribution in [0, 0.1) is 23.2 Å². The Morgan fingerprint density at radius 1 is 1.31 bits per heavy atom. The molecule has 1 aliphatic carbocycles. The number of rotatable bonds is 4. The van der Waals surface area contributed by atoms with Crippen LogP contribution in [0.4, 0.5) is 4.79 Å². The summed E-state index contributed by atoms with van der Waals surface area (Å²) in [5, 5.41) is 2.81. The Balaban J connectivity index is 1.84. The van der Waals surface area contributed by atoms with Gasteiger partial charge in [0.25, 0.3) is 0 Å². The molecule has 0 spiro atoms. The van der Waals surface area contributed by atoms with E-state index in [0.717, 1.165) is 0 Å². The highest BCUT2D eigenvalue weighted by Crippen LogP contribution is 2.56. The summed E-state index contributed by atoms with van der Waals surface area (Å²) in [5.41, 5.74) is 2.42. The number of benzene rings is 1. The van der Waals surface area contributed by atoms with Crippen LogP contribution in [0.3, 0.4) is 0 Å². The zero-order valence-electron chi connectivity index (χ0n) is 16.5. The van der Waals surface area contributed by atoms with Crippen molar-refractivity contribution in [1.29, 1.82) is 0 Å². The minimum atomic E-state index is -0.346. The maximum absolute atomic E-state index is 12.0. The van der Waals surface area contributed by atoms with Crippen LogP contribution in [0.1, 0.15) is 46.3 Å². The zero-order valence-corrected chi connectivity index (χ0v) is 16.5. The lowest BCUT2D eigenvalue weighted by molar-refractivity contribution is -0.165. The highest BCUT2D eigenvalue weighted by Gasteiger charge is 2.54. The standard InChI is InChI=1S/C22H31NO3/c1-14(2)23-21(24)26-13-22-12-25-20(18-9-7-6-8-10-18)19(17(22)5)15(3)11-16(22)4/h6-11,14,16-17,19-20H,12-13H2,1-5H3,(H,23,24). The summed E-state index contributed by atoms with van der Waals surface area (Å²) < 4.78 is 12.0. The lowest BCUT2D eigenvalue weighted by Crippen LogP contribution is -2.55. The van der Waals surface area contributed by atoms with Gasteiger partial charge in [0.2, 0.25) is 0 Å². The van der Waals surface area contributed by atoms with Crippen molar-refractivity contribution in [2.45, 2.75) is 46.8 Å². The second kappa shape index (κ2) is 7.43. The molecule has 1 aromatic rings. The number of amides is 1. The first-order valence-electron chi connectivity index (χ1n) is 9.63. The number of carbonyl (C=O) groups excluding carboxylic acids is 1. The summed E-state index contributed by atoms with van der Waals surface area (Å²) in [5.74, 6) is 0.977. The van der Waals surface area contributed by atoms with Crippen LogP contribution < -0.4 is 5.32 Å². The minimum Gasteiger partial charge on any atom is -0.449 e. The smallest absolute Gasteiger partial charge is 0.407 e. The van der Waals surface area contributed by atoms with Crippen LogP contribution in [0.15, 0.2) is 42.0 Å². The average molecular weight is 357 g/mol. The molecule has 0 radical (unpaired) electrons. The van der Waals surface area contributed by atoms with Crippen LogP contribution in [0.5, 0.6) is 0 Å². The van der Waals surface area contributed by atoms with E-state index in [4.69, 9.17) is 9.47 Å². The molecule has 2 aliphatic rings. The van der Waals surface area contributed by atoms with Crippen molar-refractivity contribution in [3.63, 3.8) is 0 Å². The van der Waals surface area contributed by atoms with E-state index in [1.165, 1.54) is 11.1 Å². The second-order valence-electron chi connectivity index (χ2n) is 8.26. The Kier molecular flexibility index (Phi) is 5.42. The van der Waals surface area contributed by atoms with Crippen molar-refractivity contribution in [3.8, 4) is 0 Å². The number of allylic oxidation sites excluding steroid dienone is 1. The van der Waals surface area contributed by atoms with E-state index in [9.17, 15) is 4.79 Å². The average Bonchev–Trinajstić information content (AvgIpc) is 2.59. The molecule has 1 amide bonds. The number of fused-ring (bicyclic) bond motifs is 2. The Labute approximate surface area is 157 Å². The van der Waals surface area contributed by atoms with E-state index >= 15 is 0 Å². The van der Waals surface area contributed by atoms with Crippen LogP contribution in [-0.2, 0) is 9.47 Å². The van der Waals surface area contributed by atoms with Crippen molar-refractivity contribution in [2.75, 3.05) is 13.2 Å². The van der Waals surface area contributed by atoms with Gasteiger partial charge in [0.05, 0.1) is 12.7 Å². The van der Waals surface area contributed by atoms with Crippen molar-refractivity contribution < 1.29 is 14.3 Å². The van der Waals surface area contributed by atoms with Gasteiger partial charge in [0, 0.05) is 17.4 Å². The van der Waals surface area contributed by atoms with E-state index < -0.39 is 0 Å². The fourth-order valence-corrected chi connectivity index (χ4v) is 4.68. The van der Waals surface area contributed by atoms with Crippen LogP contribution in [0.2, 0.25) is 0 Å². The van der Waals surface area contributed by atoms with Crippen molar-refractivity contribution in [3.05, 3.63) is 47.5 Å². The normalized spacial score (nSPS) is 33.5. The molecule has 4 nitrogen and oxygen atoms in total. The largest absolute Gasteiger partial charge is 0.449 e. The van der Waals surface area contributed by atoms with E-state index in [1.54, 1.807) is 0 Å². The van der Waals surface area contributed by atoms with E-state index in [0.29, 0.717) is 31.0 Å². The molecule has 0 saturated carbocycles. The summed E-state index contributed by atoms with van der Waals surface area (Å²) >= 11 is 0. The SMILES string of the molecule is CC1=CC(C)C2(COC(=O)NC(C)C)COC(c3ccccc3)C1C2C. The molecule has 1 aromatic carbocycles.